The molecule has 6 atom stereocenters. The second-order valence-corrected chi connectivity index (χ2v) is 11.4. The van der Waals surface area contributed by atoms with Crippen LogP contribution in [0, 0.1) is 23.2 Å². The van der Waals surface area contributed by atoms with Gasteiger partial charge in [0.1, 0.15) is 0 Å². The number of carbonyl (C=O) groups excluding carboxylic acids is 2. The summed E-state index contributed by atoms with van der Waals surface area (Å²) >= 11 is 3.07. The van der Waals surface area contributed by atoms with E-state index < -0.39 is 6.10 Å². The molecule has 0 aliphatic heterocycles. The Bertz CT molecular complexity index is 810. The number of aromatic nitrogens is 1. The first-order valence-corrected chi connectivity index (χ1v) is 13.6. The molecule has 3 rings (SSSR count). The third-order valence-corrected chi connectivity index (χ3v) is 9.09. The molecule has 2 aliphatic carbocycles. The minimum atomic E-state index is -0.535. The van der Waals surface area contributed by atoms with Gasteiger partial charge >= 0.3 is 0 Å². The number of fused-ring (bicyclic) bond motifs is 2. The Hall–Kier alpha value is -1.12. The lowest BCUT2D eigenvalue weighted by Gasteiger charge is -2.53. The molecule has 31 heavy (non-hydrogen) atoms. The average Bonchev–Trinajstić information content (AvgIpc) is 3.10. The zero-order valence-corrected chi connectivity index (χ0v) is 21.2. The van der Waals surface area contributed by atoms with E-state index in [1.54, 1.807) is 11.3 Å². The predicted molar refractivity (Wildman–Crippen MR) is 129 cm³/mol. The maximum Gasteiger partial charge on any atom is 0.236 e. The molecule has 1 saturated carbocycles. The van der Waals surface area contributed by atoms with Gasteiger partial charge in [0.25, 0.3) is 0 Å². The number of nitrogens with one attached hydrogen (secondary N) is 1. The molecule has 0 saturated heterocycles. The third-order valence-electron chi connectivity index (χ3n) is 7.55. The molecule has 2 N–H and O–H groups in total. The number of aliphatic hydroxyl groups is 1. The van der Waals surface area contributed by atoms with Crippen LogP contribution in [0.15, 0.2) is 0 Å². The zero-order chi connectivity index (χ0) is 22.9. The molecule has 0 bridgehead atoms. The Morgan fingerprint density at radius 1 is 1.39 bits per heavy atom. The van der Waals surface area contributed by atoms with Crippen molar-refractivity contribution in [2.24, 2.45) is 23.2 Å². The Kier molecular flexibility index (Phi) is 7.75. The molecule has 1 aromatic heterocycles. The molecule has 174 valence electrons. The largest absolute Gasteiger partial charge is 0.392 e. The normalized spacial score (nSPS) is 30.8. The first kappa shape index (κ1) is 24.5. The molecule has 1 fully saturated rings. The van der Waals surface area contributed by atoms with E-state index in [2.05, 4.69) is 19.2 Å². The van der Waals surface area contributed by atoms with Crippen LogP contribution in [0.1, 0.15) is 63.9 Å². The number of rotatable bonds is 7. The number of amides is 2. The third kappa shape index (κ3) is 4.67. The van der Waals surface area contributed by atoms with Crippen LogP contribution in [-0.4, -0.2) is 58.0 Å². The van der Waals surface area contributed by atoms with Gasteiger partial charge in [0.05, 0.1) is 17.6 Å². The van der Waals surface area contributed by atoms with Gasteiger partial charge in [-0.25, -0.2) is 4.98 Å². The van der Waals surface area contributed by atoms with Crippen molar-refractivity contribution in [3.63, 3.8) is 0 Å². The second-order valence-electron chi connectivity index (χ2n) is 9.45. The molecule has 6 nitrogen and oxygen atoms in total. The van der Waals surface area contributed by atoms with Crippen molar-refractivity contribution in [3.05, 3.63) is 10.6 Å². The number of carbonyl (C=O) groups is 2. The molecule has 0 radical (unpaired) electrons. The Balaban J connectivity index is 1.83. The number of anilines is 1. The van der Waals surface area contributed by atoms with Gasteiger partial charge in [0, 0.05) is 29.8 Å². The number of nitrogens with zero attached hydrogens (tertiary/aromatic N) is 2. The van der Waals surface area contributed by atoms with Crippen molar-refractivity contribution < 1.29 is 14.7 Å². The monoisotopic (exact) mass is 467 g/mol. The van der Waals surface area contributed by atoms with Gasteiger partial charge in [0.15, 0.2) is 5.13 Å². The van der Waals surface area contributed by atoms with Crippen molar-refractivity contribution in [1.29, 1.82) is 0 Å². The van der Waals surface area contributed by atoms with Crippen LogP contribution in [0.2, 0.25) is 0 Å². The molecule has 0 spiro atoms. The first-order valence-electron chi connectivity index (χ1n) is 11.4. The van der Waals surface area contributed by atoms with E-state index in [1.165, 1.54) is 16.6 Å². The number of aliphatic hydroxyl groups excluding tert-OH is 1. The Morgan fingerprint density at radius 3 is 2.68 bits per heavy atom. The summed E-state index contributed by atoms with van der Waals surface area (Å²) in [6, 6.07) is 0. The maximum atomic E-state index is 13.0. The van der Waals surface area contributed by atoms with Crippen molar-refractivity contribution >= 4 is 40.0 Å². The lowest BCUT2D eigenvalue weighted by atomic mass is 9.53. The summed E-state index contributed by atoms with van der Waals surface area (Å²) in [5.41, 5.74) is 0.988. The summed E-state index contributed by atoms with van der Waals surface area (Å²) in [6.07, 6.45) is 4.10. The maximum absolute atomic E-state index is 13.0. The highest BCUT2D eigenvalue weighted by Crippen LogP contribution is 2.57. The van der Waals surface area contributed by atoms with E-state index in [-0.39, 0.29) is 40.9 Å². The van der Waals surface area contributed by atoms with Crippen molar-refractivity contribution in [2.45, 2.75) is 65.9 Å². The average molecular weight is 468 g/mol. The number of hydrogen-bond donors (Lipinski definition) is 2. The van der Waals surface area contributed by atoms with E-state index >= 15 is 0 Å². The molecule has 8 heteroatoms. The van der Waals surface area contributed by atoms with E-state index in [0.717, 1.165) is 25.0 Å². The van der Waals surface area contributed by atoms with Crippen LogP contribution in [0.4, 0.5) is 5.13 Å². The van der Waals surface area contributed by atoms with Gasteiger partial charge in [-0.05, 0) is 56.6 Å². The fraction of sp³-hybridized carbons (Fsp3) is 0.783. The molecule has 2 aliphatic rings. The highest BCUT2D eigenvalue weighted by Gasteiger charge is 2.54. The molecule has 6 unspecified atom stereocenters. The lowest BCUT2D eigenvalue weighted by molar-refractivity contribution is -0.144. The predicted octanol–water partition coefficient (Wildman–Crippen LogP) is 4.00. The van der Waals surface area contributed by atoms with Crippen LogP contribution in [0.25, 0.3) is 0 Å². The van der Waals surface area contributed by atoms with Crippen LogP contribution in [-0.2, 0) is 16.0 Å². The van der Waals surface area contributed by atoms with Crippen molar-refractivity contribution in [1.82, 2.24) is 9.88 Å². The van der Waals surface area contributed by atoms with Gasteiger partial charge in [-0.2, -0.15) is 11.8 Å². The van der Waals surface area contributed by atoms with Gasteiger partial charge in [0.2, 0.25) is 11.8 Å². The van der Waals surface area contributed by atoms with E-state index in [9.17, 15) is 14.7 Å². The topological polar surface area (TPSA) is 82.5 Å². The minimum Gasteiger partial charge on any atom is -0.392 e. The van der Waals surface area contributed by atoms with E-state index in [1.807, 2.05) is 31.9 Å². The van der Waals surface area contributed by atoms with Gasteiger partial charge in [-0.15, -0.1) is 11.3 Å². The quantitative estimate of drug-likeness (QED) is 0.633. The Labute approximate surface area is 194 Å². The molecule has 1 aromatic rings. The first-order chi connectivity index (χ1) is 14.7. The van der Waals surface area contributed by atoms with Gasteiger partial charge in [-0.1, -0.05) is 20.8 Å². The molecule has 1 heterocycles. The van der Waals surface area contributed by atoms with E-state index in [4.69, 9.17) is 4.98 Å². The molecular weight excluding hydrogens is 430 g/mol. The van der Waals surface area contributed by atoms with Crippen LogP contribution in [0.3, 0.4) is 0 Å². The summed E-state index contributed by atoms with van der Waals surface area (Å²) in [7, 11) is 0. The standard InChI is InChI=1S/C23H37N3O3S2/c1-7-26(8-2)21(29)13(3)15-9-10-23(5)11-16-19(14(4)18(23)20(15)28)25-22(31-16)24-17(27)12-30-6/h13-15,18,20,28H,7-12H2,1-6H3,(H,24,25,27). The van der Waals surface area contributed by atoms with Gasteiger partial charge in [-0.3, -0.25) is 9.59 Å². The van der Waals surface area contributed by atoms with Crippen molar-refractivity contribution in [2.75, 3.05) is 30.4 Å². The van der Waals surface area contributed by atoms with E-state index in [0.29, 0.717) is 24.0 Å². The molecule has 2 amide bonds. The van der Waals surface area contributed by atoms with Crippen LogP contribution >= 0.6 is 23.1 Å². The summed E-state index contributed by atoms with van der Waals surface area (Å²) in [5, 5.41) is 15.1. The number of thiazole rings is 1. The SMILES string of the molecule is CCN(CC)C(=O)C(C)C1CCC2(C)Cc3sc(NC(=O)CSC)nc3C(C)C2C1O. The highest BCUT2D eigenvalue weighted by atomic mass is 32.2. The summed E-state index contributed by atoms with van der Waals surface area (Å²) in [4.78, 5) is 32.9. The lowest BCUT2D eigenvalue weighted by Crippen LogP contribution is -2.53. The van der Waals surface area contributed by atoms with Gasteiger partial charge < -0.3 is 15.3 Å². The smallest absolute Gasteiger partial charge is 0.236 e. The molecular formula is C23H37N3O3S2. The van der Waals surface area contributed by atoms with Crippen LogP contribution in [0.5, 0.6) is 0 Å². The zero-order valence-electron chi connectivity index (χ0n) is 19.6. The highest BCUT2D eigenvalue weighted by molar-refractivity contribution is 7.99. The Morgan fingerprint density at radius 2 is 2.06 bits per heavy atom. The number of thioether (sulfide) groups is 1. The van der Waals surface area contributed by atoms with Crippen molar-refractivity contribution in [3.8, 4) is 0 Å². The summed E-state index contributed by atoms with van der Waals surface area (Å²) in [6.45, 7) is 11.8. The fourth-order valence-corrected chi connectivity index (χ4v) is 7.51. The summed E-state index contributed by atoms with van der Waals surface area (Å²) in [5.74, 6) is 0.457. The molecule has 0 aromatic carbocycles. The summed E-state index contributed by atoms with van der Waals surface area (Å²) < 4.78 is 0. The number of hydrogen-bond acceptors (Lipinski definition) is 6. The second kappa shape index (κ2) is 9.79. The minimum absolute atomic E-state index is 0.0205. The van der Waals surface area contributed by atoms with Crippen LogP contribution < -0.4 is 5.32 Å². The fourth-order valence-electron chi connectivity index (χ4n) is 5.89.